The molecule has 0 spiro atoms. The summed E-state index contributed by atoms with van der Waals surface area (Å²) in [5.41, 5.74) is 8.07. The van der Waals surface area contributed by atoms with Crippen LogP contribution in [0.25, 0.3) is 0 Å². The molecule has 3 heteroatoms. The molecule has 2 unspecified atom stereocenters. The Hall–Kier alpha value is -0.900. The number of hydrogen-bond acceptors (Lipinski definition) is 3. The quantitative estimate of drug-likeness (QED) is 0.409. The van der Waals surface area contributed by atoms with Gasteiger partial charge in [-0.2, -0.15) is 0 Å². The van der Waals surface area contributed by atoms with E-state index in [2.05, 4.69) is 31.2 Å². The van der Waals surface area contributed by atoms with Crippen LogP contribution in [0.1, 0.15) is 63.0 Å². The normalized spacial score (nSPS) is 14.0. The second-order valence-corrected chi connectivity index (χ2v) is 6.31. The van der Waals surface area contributed by atoms with E-state index in [1.54, 1.807) is 0 Å². The van der Waals surface area contributed by atoms with Crippen LogP contribution >= 0.6 is 0 Å². The Bertz CT molecular complexity index is 376. The first-order chi connectivity index (χ1) is 10.7. The van der Waals surface area contributed by atoms with Gasteiger partial charge in [-0.15, -0.1) is 0 Å². The summed E-state index contributed by atoms with van der Waals surface area (Å²) in [5, 5.41) is 18.5. The lowest BCUT2D eigenvalue weighted by Gasteiger charge is -2.16. The third-order valence-corrected chi connectivity index (χ3v) is 4.36. The van der Waals surface area contributed by atoms with Gasteiger partial charge >= 0.3 is 0 Å². The third-order valence-electron chi connectivity index (χ3n) is 4.36. The lowest BCUT2D eigenvalue weighted by Crippen LogP contribution is -2.32. The zero-order valence-electron chi connectivity index (χ0n) is 14.0. The molecular formula is C19H33NO2. The Morgan fingerprint density at radius 3 is 2.00 bits per heavy atom. The topological polar surface area (TPSA) is 66.5 Å². The molecule has 0 aliphatic rings. The highest BCUT2D eigenvalue weighted by atomic mass is 16.3. The van der Waals surface area contributed by atoms with Crippen molar-refractivity contribution < 1.29 is 10.2 Å². The van der Waals surface area contributed by atoms with Crippen molar-refractivity contribution in [3.63, 3.8) is 0 Å². The van der Waals surface area contributed by atoms with Crippen molar-refractivity contribution in [2.24, 2.45) is 11.7 Å². The molecule has 1 aromatic rings. The summed E-state index contributed by atoms with van der Waals surface area (Å²) in [6.45, 7) is 2.19. The Morgan fingerprint density at radius 2 is 1.45 bits per heavy atom. The van der Waals surface area contributed by atoms with Crippen LogP contribution in [0.2, 0.25) is 0 Å². The second kappa shape index (κ2) is 11.6. The van der Waals surface area contributed by atoms with E-state index in [9.17, 15) is 5.11 Å². The smallest absolute Gasteiger partial charge is 0.107 e. The summed E-state index contributed by atoms with van der Waals surface area (Å²) in [4.78, 5) is 0. The molecule has 4 N–H and O–H groups in total. The van der Waals surface area contributed by atoms with Gasteiger partial charge in [0.25, 0.3) is 0 Å². The highest BCUT2D eigenvalue weighted by Crippen LogP contribution is 2.14. The second-order valence-electron chi connectivity index (χ2n) is 6.31. The van der Waals surface area contributed by atoms with E-state index in [0.717, 1.165) is 12.8 Å². The maximum atomic E-state index is 9.33. The van der Waals surface area contributed by atoms with Crippen molar-refractivity contribution in [3.8, 4) is 0 Å². The first-order valence-corrected chi connectivity index (χ1v) is 8.79. The first kappa shape index (κ1) is 19.1. The number of unbranched alkanes of at least 4 members (excludes halogenated alkanes) is 5. The van der Waals surface area contributed by atoms with Crippen LogP contribution in [-0.2, 0) is 12.8 Å². The van der Waals surface area contributed by atoms with Gasteiger partial charge in [-0.3, -0.25) is 0 Å². The number of aliphatic hydroxyl groups excluding tert-OH is 2. The van der Waals surface area contributed by atoms with Gasteiger partial charge < -0.3 is 15.9 Å². The first-order valence-electron chi connectivity index (χ1n) is 8.79. The maximum Gasteiger partial charge on any atom is 0.107 e. The van der Waals surface area contributed by atoms with Crippen molar-refractivity contribution in [1.29, 1.82) is 0 Å². The molecule has 22 heavy (non-hydrogen) atoms. The van der Waals surface area contributed by atoms with Crippen LogP contribution < -0.4 is 5.73 Å². The standard InChI is InChI=1S/C19H33NO2/c1-2-3-4-5-6-7-8-16-9-11-17(12-10-16)13-14-18(15-21)19(20)22/h9-12,18-19,21-22H,2-8,13-15,20H2,1H3. The summed E-state index contributed by atoms with van der Waals surface area (Å²) in [7, 11) is 0. The molecule has 126 valence electrons. The van der Waals surface area contributed by atoms with Gasteiger partial charge in [-0.1, -0.05) is 63.3 Å². The van der Waals surface area contributed by atoms with Gasteiger partial charge in [0, 0.05) is 12.5 Å². The molecule has 2 atom stereocenters. The van der Waals surface area contributed by atoms with Gasteiger partial charge in [0.05, 0.1) is 0 Å². The molecular weight excluding hydrogens is 274 g/mol. The monoisotopic (exact) mass is 307 g/mol. The summed E-state index contributed by atoms with van der Waals surface area (Å²) >= 11 is 0. The molecule has 0 bridgehead atoms. The van der Waals surface area contributed by atoms with E-state index in [4.69, 9.17) is 10.8 Å². The van der Waals surface area contributed by atoms with Crippen molar-refractivity contribution in [3.05, 3.63) is 35.4 Å². The Labute approximate surface area is 135 Å². The van der Waals surface area contributed by atoms with Gasteiger partial charge in [0.15, 0.2) is 0 Å². The van der Waals surface area contributed by atoms with E-state index in [1.165, 1.54) is 49.7 Å². The van der Waals surface area contributed by atoms with Crippen LogP contribution in [0.3, 0.4) is 0 Å². The van der Waals surface area contributed by atoms with E-state index in [0.29, 0.717) is 6.42 Å². The predicted octanol–water partition coefficient (Wildman–Crippen LogP) is 3.41. The summed E-state index contributed by atoms with van der Waals surface area (Å²) < 4.78 is 0. The molecule has 0 aliphatic carbocycles. The minimum atomic E-state index is -0.933. The molecule has 1 rings (SSSR count). The highest BCUT2D eigenvalue weighted by molar-refractivity contribution is 5.22. The minimum Gasteiger partial charge on any atom is -0.396 e. The SMILES string of the molecule is CCCCCCCCc1ccc(CCC(CO)C(N)O)cc1. The number of aryl methyl sites for hydroxylation is 2. The number of rotatable bonds is 12. The van der Waals surface area contributed by atoms with E-state index >= 15 is 0 Å². The van der Waals surface area contributed by atoms with Crippen molar-refractivity contribution in [2.45, 2.75) is 70.9 Å². The minimum absolute atomic E-state index is 0.0617. The van der Waals surface area contributed by atoms with Crippen LogP contribution in [0, 0.1) is 5.92 Å². The molecule has 0 radical (unpaired) electrons. The summed E-state index contributed by atoms with van der Waals surface area (Å²) in [5.74, 6) is -0.234. The zero-order chi connectivity index (χ0) is 16.2. The molecule has 0 saturated heterocycles. The fraction of sp³-hybridized carbons (Fsp3) is 0.684. The van der Waals surface area contributed by atoms with E-state index < -0.39 is 6.23 Å². The average molecular weight is 307 g/mol. The lowest BCUT2D eigenvalue weighted by atomic mass is 9.97. The number of aliphatic hydroxyl groups is 2. The van der Waals surface area contributed by atoms with Crippen LogP contribution in [0.5, 0.6) is 0 Å². The van der Waals surface area contributed by atoms with Crippen molar-refractivity contribution >= 4 is 0 Å². The highest BCUT2D eigenvalue weighted by Gasteiger charge is 2.13. The van der Waals surface area contributed by atoms with E-state index in [1.807, 2.05) is 0 Å². The summed E-state index contributed by atoms with van der Waals surface area (Å²) in [6.07, 6.45) is 9.78. The third kappa shape index (κ3) is 7.92. The molecule has 0 saturated carbocycles. The Morgan fingerprint density at radius 1 is 0.909 bits per heavy atom. The number of benzene rings is 1. The van der Waals surface area contributed by atoms with Gasteiger partial charge in [0.2, 0.25) is 0 Å². The van der Waals surface area contributed by atoms with E-state index in [-0.39, 0.29) is 12.5 Å². The molecule has 0 aromatic heterocycles. The number of nitrogens with two attached hydrogens (primary N) is 1. The zero-order valence-corrected chi connectivity index (χ0v) is 14.0. The maximum absolute atomic E-state index is 9.33. The fourth-order valence-corrected chi connectivity index (χ4v) is 2.70. The number of hydrogen-bond donors (Lipinski definition) is 3. The largest absolute Gasteiger partial charge is 0.396 e. The van der Waals surface area contributed by atoms with Crippen LogP contribution in [0.15, 0.2) is 24.3 Å². The molecule has 0 amide bonds. The molecule has 3 nitrogen and oxygen atoms in total. The van der Waals surface area contributed by atoms with Gasteiger partial charge in [-0.25, -0.2) is 0 Å². The Balaban J connectivity index is 2.25. The van der Waals surface area contributed by atoms with Crippen LogP contribution in [-0.4, -0.2) is 23.0 Å². The molecule has 0 aliphatic heterocycles. The van der Waals surface area contributed by atoms with Crippen molar-refractivity contribution in [2.75, 3.05) is 6.61 Å². The Kier molecular flexibility index (Phi) is 10.1. The average Bonchev–Trinajstić information content (AvgIpc) is 2.52. The fourth-order valence-electron chi connectivity index (χ4n) is 2.70. The van der Waals surface area contributed by atoms with Gasteiger partial charge in [-0.05, 0) is 36.8 Å². The van der Waals surface area contributed by atoms with Gasteiger partial charge in [0.1, 0.15) is 6.23 Å². The molecule has 1 aromatic carbocycles. The van der Waals surface area contributed by atoms with Crippen LogP contribution in [0.4, 0.5) is 0 Å². The lowest BCUT2D eigenvalue weighted by molar-refractivity contribution is 0.0674. The summed E-state index contributed by atoms with van der Waals surface area (Å²) in [6, 6.07) is 8.72. The predicted molar refractivity (Wildman–Crippen MR) is 92.6 cm³/mol. The molecule has 0 fully saturated rings. The molecule has 0 heterocycles. The van der Waals surface area contributed by atoms with Crippen molar-refractivity contribution in [1.82, 2.24) is 0 Å².